The first-order valence-corrected chi connectivity index (χ1v) is 8.88. The third kappa shape index (κ3) is 3.68. The molecule has 2 aliphatic heterocycles. The minimum Gasteiger partial charge on any atom is -0.337 e. The first-order valence-electron chi connectivity index (χ1n) is 8.88. The van der Waals surface area contributed by atoms with E-state index in [4.69, 9.17) is 0 Å². The zero-order chi connectivity index (χ0) is 18.1. The second kappa shape index (κ2) is 7.66. The largest absolute Gasteiger partial charge is 0.337 e. The Morgan fingerprint density at radius 3 is 2.59 bits per heavy atom. The predicted molar refractivity (Wildman–Crippen MR) is 103 cm³/mol. The van der Waals surface area contributed by atoms with E-state index in [1.807, 2.05) is 4.90 Å². The van der Waals surface area contributed by atoms with Crippen LogP contribution < -0.4 is 5.32 Å². The lowest BCUT2D eigenvalue weighted by atomic mass is 9.78. The smallest absolute Gasteiger partial charge is 0.294 e. The fourth-order valence-corrected chi connectivity index (χ4v) is 3.95. The van der Waals surface area contributed by atoms with Crippen LogP contribution in [0.2, 0.25) is 0 Å². The van der Waals surface area contributed by atoms with Gasteiger partial charge in [0, 0.05) is 31.9 Å². The monoisotopic (exact) mass is 391 g/mol. The number of carbonyl (C=O) groups excluding carboxylic acids is 1. The number of aromatic nitrogens is 2. The molecule has 1 spiro atoms. The molecule has 4 rings (SSSR count). The number of benzene rings is 1. The first kappa shape index (κ1) is 19.3. The Kier molecular flexibility index (Phi) is 5.48. The van der Waals surface area contributed by atoms with Crippen molar-refractivity contribution in [2.75, 3.05) is 26.2 Å². The summed E-state index contributed by atoms with van der Waals surface area (Å²) in [6.45, 7) is 3.58. The number of hydrogen-bond donors (Lipinski definition) is 1. The third-order valence-corrected chi connectivity index (χ3v) is 5.58. The molecular weight excluding hydrogens is 370 g/mol. The predicted octanol–water partition coefficient (Wildman–Crippen LogP) is 2.42. The number of para-hydroxylation sites is 2. The molecule has 8 nitrogen and oxygen atoms in total. The molecule has 1 N–H and O–H groups in total. The molecule has 0 radical (unpaired) electrons. The van der Waals surface area contributed by atoms with E-state index in [0.717, 1.165) is 39.0 Å². The quantitative estimate of drug-likeness (QED) is 0.640. The number of piperidine rings is 1. The Bertz CT molecular complexity index is 837. The van der Waals surface area contributed by atoms with Crippen molar-refractivity contribution in [3.05, 3.63) is 52.3 Å². The van der Waals surface area contributed by atoms with Gasteiger partial charge in [-0.25, -0.2) is 4.68 Å². The van der Waals surface area contributed by atoms with E-state index in [1.165, 1.54) is 17.2 Å². The molecular formula is C18H22ClN5O3. The number of nitro groups is 1. The van der Waals surface area contributed by atoms with Crippen molar-refractivity contribution in [2.45, 2.75) is 19.3 Å². The number of hydrogen-bond acceptors (Lipinski definition) is 5. The molecule has 2 fully saturated rings. The van der Waals surface area contributed by atoms with Crippen LogP contribution in [-0.4, -0.2) is 51.7 Å². The van der Waals surface area contributed by atoms with E-state index in [2.05, 4.69) is 10.4 Å². The molecule has 9 heteroatoms. The van der Waals surface area contributed by atoms with Crippen LogP contribution in [0.15, 0.2) is 36.5 Å². The molecule has 144 valence electrons. The highest BCUT2D eigenvalue weighted by molar-refractivity contribution is 5.92. The van der Waals surface area contributed by atoms with E-state index < -0.39 is 4.92 Å². The molecule has 2 saturated heterocycles. The number of amides is 1. The lowest BCUT2D eigenvalue weighted by Crippen LogP contribution is -2.44. The fraction of sp³-hybridized carbons (Fsp3) is 0.444. The van der Waals surface area contributed by atoms with Gasteiger partial charge in [0.2, 0.25) is 0 Å². The summed E-state index contributed by atoms with van der Waals surface area (Å²) in [6, 6.07) is 8.00. The summed E-state index contributed by atoms with van der Waals surface area (Å²) < 4.78 is 1.40. The maximum absolute atomic E-state index is 12.8. The molecule has 1 amide bonds. The molecule has 0 aliphatic carbocycles. The van der Waals surface area contributed by atoms with Crippen molar-refractivity contribution in [3.63, 3.8) is 0 Å². The van der Waals surface area contributed by atoms with Gasteiger partial charge in [-0.3, -0.25) is 14.9 Å². The van der Waals surface area contributed by atoms with Crippen molar-refractivity contribution in [3.8, 4) is 5.69 Å². The van der Waals surface area contributed by atoms with Crippen LogP contribution in [0.25, 0.3) is 5.69 Å². The molecule has 0 unspecified atom stereocenters. The number of carbonyl (C=O) groups is 1. The number of halogens is 1. The van der Waals surface area contributed by atoms with Gasteiger partial charge < -0.3 is 10.2 Å². The Hall–Kier alpha value is -2.45. The first-order chi connectivity index (χ1) is 12.6. The summed E-state index contributed by atoms with van der Waals surface area (Å²) in [4.78, 5) is 25.4. The van der Waals surface area contributed by atoms with Crippen molar-refractivity contribution >= 4 is 24.0 Å². The summed E-state index contributed by atoms with van der Waals surface area (Å²) >= 11 is 0. The van der Waals surface area contributed by atoms with E-state index in [-0.39, 0.29) is 24.0 Å². The van der Waals surface area contributed by atoms with Crippen LogP contribution in [0, 0.1) is 15.5 Å². The average molecular weight is 392 g/mol. The summed E-state index contributed by atoms with van der Waals surface area (Å²) in [5.41, 5.74) is 0.985. The van der Waals surface area contributed by atoms with Crippen molar-refractivity contribution < 1.29 is 9.72 Å². The Balaban J connectivity index is 0.00000210. The molecule has 2 aromatic rings. The van der Waals surface area contributed by atoms with E-state index in [0.29, 0.717) is 16.8 Å². The highest BCUT2D eigenvalue weighted by atomic mass is 35.5. The average Bonchev–Trinajstić information content (AvgIpc) is 3.32. The molecule has 27 heavy (non-hydrogen) atoms. The molecule has 2 aliphatic rings. The number of likely N-dealkylation sites (tertiary alicyclic amines) is 1. The zero-order valence-electron chi connectivity index (χ0n) is 14.8. The van der Waals surface area contributed by atoms with Gasteiger partial charge >= 0.3 is 0 Å². The standard InChI is InChI=1S/C18H21N5O3.ClH/c24-17(21-11-7-18(8-12-21)6-9-19-13-18)14-5-10-22(20-14)15-3-1-2-4-16(15)23(25)26;/h1-5,10,19H,6-9,11-13H2;1H. The SMILES string of the molecule is Cl.O=C(c1ccn(-c2ccccc2[N+](=O)[O-])n1)N1CCC2(CCNC2)CC1. The Morgan fingerprint density at radius 1 is 1.19 bits per heavy atom. The maximum atomic E-state index is 12.8. The van der Waals surface area contributed by atoms with Gasteiger partial charge in [0.1, 0.15) is 5.69 Å². The Labute approximate surface area is 163 Å². The number of nitro benzene ring substituents is 1. The number of rotatable bonds is 3. The molecule has 3 heterocycles. The highest BCUT2D eigenvalue weighted by Crippen LogP contribution is 2.37. The highest BCUT2D eigenvalue weighted by Gasteiger charge is 2.38. The molecule has 0 atom stereocenters. The summed E-state index contributed by atoms with van der Waals surface area (Å²) in [7, 11) is 0. The van der Waals surface area contributed by atoms with Crippen molar-refractivity contribution in [1.82, 2.24) is 20.0 Å². The second-order valence-electron chi connectivity index (χ2n) is 7.11. The van der Waals surface area contributed by atoms with Gasteiger partial charge in [0.25, 0.3) is 11.6 Å². The molecule has 0 bridgehead atoms. The van der Waals surface area contributed by atoms with Crippen LogP contribution in [0.5, 0.6) is 0 Å². The Morgan fingerprint density at radius 2 is 1.93 bits per heavy atom. The van der Waals surface area contributed by atoms with Crippen LogP contribution in [0.1, 0.15) is 29.8 Å². The van der Waals surface area contributed by atoms with Crippen LogP contribution in [0.3, 0.4) is 0 Å². The minimum atomic E-state index is -0.446. The normalized spacial score (nSPS) is 18.3. The van der Waals surface area contributed by atoms with Gasteiger partial charge in [-0.05, 0) is 43.4 Å². The summed E-state index contributed by atoms with van der Waals surface area (Å²) in [6.07, 6.45) is 4.80. The molecule has 1 aromatic heterocycles. The fourth-order valence-electron chi connectivity index (χ4n) is 3.95. The van der Waals surface area contributed by atoms with Gasteiger partial charge in [0.15, 0.2) is 5.69 Å². The van der Waals surface area contributed by atoms with E-state index in [9.17, 15) is 14.9 Å². The van der Waals surface area contributed by atoms with Crippen LogP contribution in [0.4, 0.5) is 5.69 Å². The van der Waals surface area contributed by atoms with Gasteiger partial charge in [-0.2, -0.15) is 5.10 Å². The number of nitrogens with zero attached hydrogens (tertiary/aromatic N) is 4. The van der Waals surface area contributed by atoms with Crippen LogP contribution >= 0.6 is 12.4 Å². The van der Waals surface area contributed by atoms with Gasteiger partial charge in [0.05, 0.1) is 4.92 Å². The lowest BCUT2D eigenvalue weighted by Gasteiger charge is -2.38. The second-order valence-corrected chi connectivity index (χ2v) is 7.11. The van der Waals surface area contributed by atoms with Crippen LogP contribution in [-0.2, 0) is 0 Å². The maximum Gasteiger partial charge on any atom is 0.294 e. The minimum absolute atomic E-state index is 0. The van der Waals surface area contributed by atoms with Crippen molar-refractivity contribution in [2.24, 2.45) is 5.41 Å². The van der Waals surface area contributed by atoms with Gasteiger partial charge in [-0.1, -0.05) is 12.1 Å². The summed E-state index contributed by atoms with van der Waals surface area (Å²) in [5.74, 6) is -0.108. The van der Waals surface area contributed by atoms with Gasteiger partial charge in [-0.15, -0.1) is 12.4 Å². The molecule has 0 saturated carbocycles. The zero-order valence-corrected chi connectivity index (χ0v) is 15.7. The summed E-state index contributed by atoms with van der Waals surface area (Å²) in [5, 5.41) is 18.9. The number of nitrogens with one attached hydrogen (secondary N) is 1. The topological polar surface area (TPSA) is 93.3 Å². The van der Waals surface area contributed by atoms with Crippen molar-refractivity contribution in [1.29, 1.82) is 0 Å². The van der Waals surface area contributed by atoms with E-state index in [1.54, 1.807) is 30.5 Å². The third-order valence-electron chi connectivity index (χ3n) is 5.58. The lowest BCUT2D eigenvalue weighted by molar-refractivity contribution is -0.384. The molecule has 1 aromatic carbocycles. The van der Waals surface area contributed by atoms with E-state index >= 15 is 0 Å².